The zero-order valence-electron chi connectivity index (χ0n) is 17.6. The van der Waals surface area contributed by atoms with Crippen molar-refractivity contribution in [3.8, 4) is 18.9 Å². The van der Waals surface area contributed by atoms with Crippen LogP contribution in [0.3, 0.4) is 0 Å². The lowest BCUT2D eigenvalue weighted by molar-refractivity contribution is 0.349. The lowest BCUT2D eigenvalue weighted by atomic mass is 9.88. The minimum atomic E-state index is 0.290. The highest BCUT2D eigenvalue weighted by molar-refractivity contribution is 5.72. The summed E-state index contributed by atoms with van der Waals surface area (Å²) in [5.41, 5.74) is 10.6. The molecule has 0 heterocycles. The fourth-order valence-electron chi connectivity index (χ4n) is 3.33. The van der Waals surface area contributed by atoms with Crippen molar-refractivity contribution in [1.29, 1.82) is 5.26 Å². The molecule has 1 aliphatic rings. The molecule has 27 heavy (non-hydrogen) atoms. The van der Waals surface area contributed by atoms with Crippen molar-refractivity contribution in [2.75, 3.05) is 6.54 Å². The maximum atomic E-state index is 8.97. The molecule has 0 saturated heterocycles. The second-order valence-electron chi connectivity index (χ2n) is 6.90. The molecule has 1 aromatic carbocycles. The van der Waals surface area contributed by atoms with E-state index in [0.717, 1.165) is 17.1 Å². The van der Waals surface area contributed by atoms with Gasteiger partial charge in [-0.05, 0) is 49.0 Å². The molecule has 2 N–H and O–H groups in total. The van der Waals surface area contributed by atoms with Crippen LogP contribution in [0.1, 0.15) is 76.0 Å². The lowest BCUT2D eigenvalue weighted by Gasteiger charge is -2.18. The summed E-state index contributed by atoms with van der Waals surface area (Å²) in [6, 6.07) is 8.35. The van der Waals surface area contributed by atoms with Gasteiger partial charge in [-0.1, -0.05) is 75.8 Å². The highest BCUT2D eigenvalue weighted by Crippen LogP contribution is 2.25. The number of nitrogens with zero attached hydrogens (tertiary/aromatic N) is 1. The Hall–Kier alpha value is -2.29. The van der Waals surface area contributed by atoms with Gasteiger partial charge in [0.25, 0.3) is 0 Å². The van der Waals surface area contributed by atoms with Gasteiger partial charge >= 0.3 is 0 Å². The van der Waals surface area contributed by atoms with Crippen molar-refractivity contribution in [2.24, 2.45) is 11.7 Å². The summed E-state index contributed by atoms with van der Waals surface area (Å²) in [5.74, 6) is 1.09. The van der Waals surface area contributed by atoms with E-state index < -0.39 is 0 Å². The minimum Gasteiger partial charge on any atom is -0.326 e. The molecule has 1 aliphatic carbocycles. The topological polar surface area (TPSA) is 49.8 Å². The molecular formula is C25H36N2. The van der Waals surface area contributed by atoms with Crippen LogP contribution in [0.25, 0.3) is 11.6 Å². The Balaban J connectivity index is 0.000000562. The maximum Gasteiger partial charge on any atom is 0.0963 e. The van der Waals surface area contributed by atoms with Gasteiger partial charge in [-0.3, -0.25) is 0 Å². The maximum absolute atomic E-state index is 8.97. The summed E-state index contributed by atoms with van der Waals surface area (Å²) in [6.45, 7) is 8.62. The molecular weight excluding hydrogens is 328 g/mol. The van der Waals surface area contributed by atoms with Gasteiger partial charge in [-0.25, -0.2) is 0 Å². The van der Waals surface area contributed by atoms with E-state index in [0.29, 0.717) is 5.57 Å². The number of hydrogen-bond donors (Lipinski definition) is 1. The van der Waals surface area contributed by atoms with E-state index in [2.05, 4.69) is 51.0 Å². The molecule has 0 aliphatic heterocycles. The summed E-state index contributed by atoms with van der Waals surface area (Å²) < 4.78 is 0. The zero-order chi connectivity index (χ0) is 20.7. The molecule has 2 rings (SSSR count). The number of allylic oxidation sites excluding steroid dienone is 2. The van der Waals surface area contributed by atoms with Gasteiger partial charge in [0.2, 0.25) is 0 Å². The number of nitrogens with two attached hydrogens (primary N) is 1. The first-order chi connectivity index (χ1) is 13.1. The molecule has 146 valence electrons. The lowest BCUT2D eigenvalue weighted by Crippen LogP contribution is -2.03. The van der Waals surface area contributed by atoms with E-state index in [-0.39, 0.29) is 6.54 Å². The van der Waals surface area contributed by atoms with Crippen LogP contribution in [0.4, 0.5) is 0 Å². The Morgan fingerprint density at radius 1 is 1.26 bits per heavy atom. The minimum absolute atomic E-state index is 0.290. The summed E-state index contributed by atoms with van der Waals surface area (Å²) in [6.07, 6.45) is 21.0. The van der Waals surface area contributed by atoms with Crippen LogP contribution in [0.15, 0.2) is 29.8 Å². The Morgan fingerprint density at radius 2 is 1.89 bits per heavy atom. The quantitative estimate of drug-likeness (QED) is 0.489. The number of rotatable bonds is 4. The Labute approximate surface area is 167 Å². The molecule has 2 nitrogen and oxygen atoms in total. The van der Waals surface area contributed by atoms with Crippen LogP contribution in [0.5, 0.6) is 0 Å². The largest absolute Gasteiger partial charge is 0.326 e. The Morgan fingerprint density at radius 3 is 2.30 bits per heavy atom. The monoisotopic (exact) mass is 364 g/mol. The molecule has 0 unspecified atom stereocenters. The second kappa shape index (κ2) is 14.8. The molecule has 2 heteroatoms. The van der Waals surface area contributed by atoms with Crippen molar-refractivity contribution in [2.45, 2.75) is 66.2 Å². The molecule has 0 spiro atoms. The molecule has 0 atom stereocenters. The fourth-order valence-corrected chi connectivity index (χ4v) is 3.33. The third kappa shape index (κ3) is 8.76. The van der Waals surface area contributed by atoms with Crippen molar-refractivity contribution in [1.82, 2.24) is 0 Å². The number of nitriles is 1. The van der Waals surface area contributed by atoms with Gasteiger partial charge in [0.1, 0.15) is 0 Å². The van der Waals surface area contributed by atoms with E-state index in [4.69, 9.17) is 11.0 Å². The SMILES string of the molecule is C#C.C/C=C\c1ccc(/C(C)=C(\C#N)CN)cc1C.CCC1CCCCC1. The average Bonchev–Trinajstić information content (AvgIpc) is 2.73. The summed E-state index contributed by atoms with van der Waals surface area (Å²) in [7, 11) is 0. The highest BCUT2D eigenvalue weighted by Gasteiger charge is 2.09. The predicted molar refractivity (Wildman–Crippen MR) is 120 cm³/mol. The van der Waals surface area contributed by atoms with Gasteiger partial charge in [-0.15, -0.1) is 12.8 Å². The first kappa shape index (κ1) is 24.7. The number of aryl methyl sites for hydroxylation is 1. The molecule has 1 fully saturated rings. The number of terminal acetylenes is 1. The smallest absolute Gasteiger partial charge is 0.0963 e. The second-order valence-corrected chi connectivity index (χ2v) is 6.90. The molecule has 1 saturated carbocycles. The molecule has 0 amide bonds. The van der Waals surface area contributed by atoms with Gasteiger partial charge in [0, 0.05) is 12.1 Å². The molecule has 0 aromatic heterocycles. The zero-order valence-corrected chi connectivity index (χ0v) is 17.6. The van der Waals surface area contributed by atoms with Gasteiger partial charge in [-0.2, -0.15) is 5.26 Å². The fraction of sp³-hybridized carbons (Fsp3) is 0.480. The summed E-state index contributed by atoms with van der Waals surface area (Å²) >= 11 is 0. The Kier molecular flexibility index (Phi) is 13.6. The van der Waals surface area contributed by atoms with Crippen molar-refractivity contribution in [3.63, 3.8) is 0 Å². The normalized spacial score (nSPS) is 14.9. The van der Waals surface area contributed by atoms with Crippen molar-refractivity contribution in [3.05, 3.63) is 46.5 Å². The third-order valence-corrected chi connectivity index (χ3v) is 5.14. The van der Waals surface area contributed by atoms with E-state index >= 15 is 0 Å². The number of benzene rings is 1. The van der Waals surface area contributed by atoms with Crippen molar-refractivity contribution >= 4 is 11.6 Å². The molecule has 0 radical (unpaired) electrons. The van der Waals surface area contributed by atoms with E-state index in [1.807, 2.05) is 26.0 Å². The van der Waals surface area contributed by atoms with Crippen LogP contribution >= 0.6 is 0 Å². The van der Waals surface area contributed by atoms with E-state index in [1.165, 1.54) is 49.7 Å². The van der Waals surface area contributed by atoms with Crippen LogP contribution < -0.4 is 5.73 Å². The number of hydrogen-bond acceptors (Lipinski definition) is 2. The van der Waals surface area contributed by atoms with Crippen LogP contribution in [0.2, 0.25) is 0 Å². The Bertz CT molecular complexity index is 665. The van der Waals surface area contributed by atoms with E-state index in [1.54, 1.807) is 0 Å². The van der Waals surface area contributed by atoms with Gasteiger partial charge < -0.3 is 5.73 Å². The molecule has 1 aromatic rings. The van der Waals surface area contributed by atoms with Crippen LogP contribution in [-0.4, -0.2) is 6.54 Å². The highest BCUT2D eigenvalue weighted by atomic mass is 14.5. The third-order valence-electron chi connectivity index (χ3n) is 5.14. The van der Waals surface area contributed by atoms with Crippen LogP contribution in [0, 0.1) is 37.0 Å². The van der Waals surface area contributed by atoms with E-state index in [9.17, 15) is 0 Å². The first-order valence-electron chi connectivity index (χ1n) is 9.94. The van der Waals surface area contributed by atoms with Gasteiger partial charge in [0.05, 0.1) is 6.07 Å². The first-order valence-corrected chi connectivity index (χ1v) is 9.94. The predicted octanol–water partition coefficient (Wildman–Crippen LogP) is 6.51. The van der Waals surface area contributed by atoms with Crippen LogP contribution in [-0.2, 0) is 0 Å². The van der Waals surface area contributed by atoms with Gasteiger partial charge in [0.15, 0.2) is 0 Å². The standard InChI is InChI=1S/C15H18N2.C8H16.C2H2/c1-4-5-13-6-7-14(8-11(13)2)12(3)15(9-16)10-17;1-2-8-6-4-3-5-7-8;1-2/h4-8H,9,16H2,1-3H3;8H,2-7H2,1H3;1-2H/b5-4-,15-12-;;. The molecule has 0 bridgehead atoms. The average molecular weight is 365 g/mol. The summed E-state index contributed by atoms with van der Waals surface area (Å²) in [4.78, 5) is 0. The summed E-state index contributed by atoms with van der Waals surface area (Å²) in [5, 5.41) is 8.97. The van der Waals surface area contributed by atoms with Crippen molar-refractivity contribution < 1.29 is 0 Å².